The van der Waals surface area contributed by atoms with Gasteiger partial charge in [0.2, 0.25) is 0 Å². The third-order valence-electron chi connectivity index (χ3n) is 9.85. The van der Waals surface area contributed by atoms with Crippen molar-refractivity contribution in [2.45, 2.75) is 47.5 Å². The van der Waals surface area contributed by atoms with Gasteiger partial charge in [-0.05, 0) is 0 Å². The van der Waals surface area contributed by atoms with Crippen molar-refractivity contribution in [3.05, 3.63) is 177 Å². The van der Waals surface area contributed by atoms with E-state index < -0.39 is 6.83 Å². The molecule has 0 aliphatic heterocycles. The van der Waals surface area contributed by atoms with E-state index in [-0.39, 0.29) is 0 Å². The van der Waals surface area contributed by atoms with Gasteiger partial charge < -0.3 is 0 Å². The minimum absolute atomic E-state index is 0.325. The fraction of sp³-hybridized carbons (Fsp3) is 0.200. The molecule has 0 aliphatic carbocycles. The summed E-state index contributed by atoms with van der Waals surface area (Å²) < 4.78 is 14.5. The summed E-state index contributed by atoms with van der Waals surface area (Å²) in [6.45, 7) is 6.01. The van der Waals surface area contributed by atoms with Crippen LogP contribution in [0, 0.1) is 34.6 Å². The van der Waals surface area contributed by atoms with Gasteiger partial charge in [-0.15, -0.1) is 0 Å². The Morgan fingerprint density at radius 3 is 1.16 bits per heavy atom. The van der Waals surface area contributed by atoms with Crippen LogP contribution in [0.1, 0.15) is 50.1 Å². The number of aryl methyl sites for hydroxylation is 5. The van der Waals surface area contributed by atoms with E-state index >= 15 is 0 Å². The average molecular weight is 683 g/mol. The van der Waals surface area contributed by atoms with E-state index in [9.17, 15) is 10.2 Å². The predicted octanol–water partition coefficient (Wildman–Crippen LogP) is 9.25. The summed E-state index contributed by atoms with van der Waals surface area (Å²) in [7, 11) is 1.76. The second-order valence-electron chi connectivity index (χ2n) is 13.7. The predicted molar refractivity (Wildman–Crippen MR) is 210 cm³/mol. The van der Waals surface area contributed by atoms with E-state index in [1.807, 2.05) is 45.9 Å². The number of ether oxygens (including phenoxy) is 1. The topological polar surface area (TPSA) is 58.9 Å². The second kappa shape index (κ2) is 14.2. The molecule has 0 saturated carbocycles. The summed E-state index contributed by atoms with van der Waals surface area (Å²) in [4.78, 5) is 0. The monoisotopic (exact) mass is 682 g/mol. The maximum atomic E-state index is 10.6. The first-order chi connectivity index (χ1) is 24.0. The molecule has 0 unspecified atom stereocenters. The number of phenolic OH excluding ortho intramolecular Hbond substituents is 2. The van der Waals surface area contributed by atoms with Crippen molar-refractivity contribution in [1.29, 1.82) is 0 Å². The molecule has 256 valence electrons. The number of aromatic hydroxyl groups is 2. The zero-order chi connectivity index (χ0) is 35.5. The Bertz CT molecular complexity index is 1900. The molecule has 0 aromatic heterocycles. The summed E-state index contributed by atoms with van der Waals surface area (Å²) in [5.74, 6) is 1.49. The molecule has 0 heterocycles. The van der Waals surface area contributed by atoms with Crippen LogP contribution in [0.4, 0.5) is 0 Å². The molecule has 50 heavy (non-hydrogen) atoms. The average Bonchev–Trinajstić information content (AvgIpc) is 3.11. The number of hydrogen-bond acceptors (Lipinski definition) is 4. The van der Waals surface area contributed by atoms with Crippen LogP contribution in [0.3, 0.4) is 0 Å². The van der Waals surface area contributed by atoms with Crippen molar-refractivity contribution in [2.24, 2.45) is 0 Å². The Hall–Kier alpha value is -4.89. The third-order valence-corrected chi connectivity index (χ3v) is 15.4. The summed E-state index contributed by atoms with van der Waals surface area (Å²) in [6, 6.07) is 44.5. The standard InChI is InChI=1S/C45H47O4P/c1-31-22-38(28-36-24-32(2)43(46)33(3)25-36)45(39(23-31)29-37-26-34(4)44(47)35(5)27-37)49-50(30-48-6,40-16-10-7-11-17-40,41-18-12-8-13-19-41)42-20-14-9-15-21-42/h7-27,46-47H,28-30H2,1-6H3. The molecule has 0 bridgehead atoms. The second-order valence-corrected chi connectivity index (χ2v) is 18.1. The molecule has 0 fully saturated rings. The van der Waals surface area contributed by atoms with Crippen LogP contribution in [-0.2, 0) is 17.6 Å². The molecule has 0 amide bonds. The van der Waals surface area contributed by atoms with E-state index in [4.69, 9.17) is 9.26 Å². The SMILES string of the molecule is COCP(Oc1c(Cc2cc(C)c(O)c(C)c2)cc(C)cc1Cc1cc(C)c(O)c(C)c1)(c1ccccc1)(c1ccccc1)c1ccccc1. The summed E-state index contributed by atoms with van der Waals surface area (Å²) in [5.41, 5.74) is 8.85. The van der Waals surface area contributed by atoms with Crippen molar-refractivity contribution in [1.82, 2.24) is 0 Å². The normalized spacial score (nSPS) is 12.3. The van der Waals surface area contributed by atoms with E-state index in [1.54, 1.807) is 7.11 Å². The van der Waals surface area contributed by atoms with Crippen molar-refractivity contribution in [3.8, 4) is 17.2 Å². The van der Waals surface area contributed by atoms with Gasteiger partial charge >= 0.3 is 298 Å². The van der Waals surface area contributed by atoms with Crippen LogP contribution in [-0.4, -0.2) is 23.7 Å². The van der Waals surface area contributed by atoms with Crippen LogP contribution in [0.5, 0.6) is 17.2 Å². The molecular formula is C45H47O4P. The van der Waals surface area contributed by atoms with E-state index in [0.29, 0.717) is 30.7 Å². The van der Waals surface area contributed by atoms with Gasteiger partial charge in [0.05, 0.1) is 0 Å². The fourth-order valence-electron chi connectivity index (χ4n) is 7.58. The first kappa shape index (κ1) is 35.0. The van der Waals surface area contributed by atoms with Crippen molar-refractivity contribution in [3.63, 3.8) is 0 Å². The fourth-order valence-corrected chi connectivity index (χ4v) is 12.8. The number of phenols is 2. The molecule has 0 spiro atoms. The number of methoxy groups -OCH3 is 1. The van der Waals surface area contributed by atoms with Gasteiger partial charge in [0.25, 0.3) is 0 Å². The van der Waals surface area contributed by atoms with E-state index in [2.05, 4.69) is 116 Å². The molecule has 0 radical (unpaired) electrons. The third kappa shape index (κ3) is 6.31. The Morgan fingerprint density at radius 1 is 0.500 bits per heavy atom. The minimum atomic E-state index is -3.93. The number of benzene rings is 6. The van der Waals surface area contributed by atoms with E-state index in [0.717, 1.165) is 71.7 Å². The molecule has 6 rings (SSSR count). The zero-order valence-corrected chi connectivity index (χ0v) is 30.8. The van der Waals surface area contributed by atoms with Gasteiger partial charge in [0.15, 0.2) is 0 Å². The first-order valence-electron chi connectivity index (χ1n) is 17.1. The molecule has 5 heteroatoms. The van der Waals surface area contributed by atoms with Gasteiger partial charge in [0.1, 0.15) is 0 Å². The van der Waals surface area contributed by atoms with Crippen molar-refractivity contribution < 1.29 is 19.5 Å². The maximum absolute atomic E-state index is 10.6. The Kier molecular flexibility index (Phi) is 9.89. The van der Waals surface area contributed by atoms with Crippen molar-refractivity contribution >= 4 is 22.7 Å². The van der Waals surface area contributed by atoms with E-state index in [1.165, 1.54) is 0 Å². The molecule has 0 aliphatic rings. The molecule has 6 aromatic rings. The van der Waals surface area contributed by atoms with Gasteiger partial charge in [0, 0.05) is 0 Å². The molecule has 4 nitrogen and oxygen atoms in total. The van der Waals surface area contributed by atoms with Gasteiger partial charge in [-0.2, -0.15) is 0 Å². The Balaban J connectivity index is 1.71. The summed E-state index contributed by atoms with van der Waals surface area (Å²) >= 11 is 0. The van der Waals surface area contributed by atoms with Crippen LogP contribution in [0.15, 0.2) is 127 Å². The number of rotatable bonds is 11. The van der Waals surface area contributed by atoms with Gasteiger partial charge in [-0.1, -0.05) is 0 Å². The molecule has 2 N–H and O–H groups in total. The first-order valence-corrected chi connectivity index (χ1v) is 19.5. The zero-order valence-electron chi connectivity index (χ0n) is 29.9. The van der Waals surface area contributed by atoms with Crippen LogP contribution in [0.2, 0.25) is 0 Å². The summed E-state index contributed by atoms with van der Waals surface area (Å²) in [6.07, 6.45) is 1.54. The van der Waals surface area contributed by atoms with Gasteiger partial charge in [-0.25, -0.2) is 0 Å². The molecule has 0 atom stereocenters. The quantitative estimate of drug-likeness (QED) is 0.134. The van der Waals surface area contributed by atoms with Crippen LogP contribution >= 0.6 is 6.83 Å². The molecule has 0 saturated heterocycles. The van der Waals surface area contributed by atoms with Crippen molar-refractivity contribution in [2.75, 3.05) is 13.5 Å². The van der Waals surface area contributed by atoms with Gasteiger partial charge in [-0.3, -0.25) is 0 Å². The Labute approximate surface area is 297 Å². The number of hydrogen-bond donors (Lipinski definition) is 2. The van der Waals surface area contributed by atoms with Crippen LogP contribution < -0.4 is 20.4 Å². The molecular weight excluding hydrogens is 635 g/mol. The summed E-state index contributed by atoms with van der Waals surface area (Å²) in [5, 5.41) is 24.5. The Morgan fingerprint density at radius 2 is 0.840 bits per heavy atom. The van der Waals surface area contributed by atoms with Crippen LogP contribution in [0.25, 0.3) is 0 Å². The molecule has 6 aromatic carbocycles.